The van der Waals surface area contributed by atoms with Gasteiger partial charge in [0, 0.05) is 24.3 Å². The maximum absolute atomic E-state index is 12.8. The molecule has 3 aromatic carbocycles. The summed E-state index contributed by atoms with van der Waals surface area (Å²) in [5.74, 6) is -0.248. The highest BCUT2D eigenvalue weighted by atomic mass is 16.1. The number of hydrogen-bond donors (Lipinski definition) is 2. The van der Waals surface area contributed by atoms with Crippen LogP contribution in [0.3, 0.4) is 0 Å². The average molecular weight is 370 g/mol. The molecule has 4 heteroatoms. The van der Waals surface area contributed by atoms with Crippen molar-refractivity contribution in [2.24, 2.45) is 0 Å². The van der Waals surface area contributed by atoms with E-state index < -0.39 is 0 Å². The van der Waals surface area contributed by atoms with Crippen LogP contribution < -0.4 is 10.6 Å². The molecule has 0 aliphatic rings. The molecular formula is C24H22N2O2. The predicted octanol–water partition coefficient (Wildman–Crippen LogP) is 5.29. The van der Waals surface area contributed by atoms with E-state index in [0.29, 0.717) is 22.6 Å². The zero-order valence-corrected chi connectivity index (χ0v) is 15.9. The highest BCUT2D eigenvalue weighted by Crippen LogP contribution is 2.26. The fraction of sp³-hybridized carbons (Fsp3) is 0.0833. The molecule has 28 heavy (non-hydrogen) atoms. The van der Waals surface area contributed by atoms with Gasteiger partial charge in [0.2, 0.25) is 5.91 Å². The predicted molar refractivity (Wildman–Crippen MR) is 114 cm³/mol. The molecule has 0 bridgehead atoms. The molecule has 0 spiro atoms. The summed E-state index contributed by atoms with van der Waals surface area (Å²) in [5, 5.41) is 6.12. The third kappa shape index (κ3) is 4.95. The van der Waals surface area contributed by atoms with Crippen LogP contribution in [-0.2, 0) is 4.79 Å². The van der Waals surface area contributed by atoms with Gasteiger partial charge in [-0.2, -0.15) is 0 Å². The van der Waals surface area contributed by atoms with Crippen LogP contribution >= 0.6 is 0 Å². The van der Waals surface area contributed by atoms with Crippen molar-refractivity contribution in [1.82, 2.24) is 0 Å². The molecule has 0 fully saturated rings. The van der Waals surface area contributed by atoms with E-state index in [1.54, 1.807) is 12.1 Å². The van der Waals surface area contributed by atoms with Crippen LogP contribution in [0.1, 0.15) is 28.4 Å². The first kappa shape index (κ1) is 19.1. The number of hydrogen-bond acceptors (Lipinski definition) is 3. The Morgan fingerprint density at radius 3 is 2.00 bits per heavy atom. The lowest BCUT2D eigenvalue weighted by Gasteiger charge is -2.15. The lowest BCUT2D eigenvalue weighted by molar-refractivity contribution is -0.114. The number of aryl methyl sites for hydroxylation is 1. The van der Waals surface area contributed by atoms with Crippen molar-refractivity contribution in [3.63, 3.8) is 0 Å². The molecule has 2 N–H and O–H groups in total. The van der Waals surface area contributed by atoms with Crippen LogP contribution in [0.4, 0.5) is 11.4 Å². The zero-order valence-electron chi connectivity index (χ0n) is 15.9. The molecule has 140 valence electrons. The first-order valence-electron chi connectivity index (χ1n) is 9.04. The number of anilines is 2. The molecule has 0 aromatic heterocycles. The van der Waals surface area contributed by atoms with Gasteiger partial charge in [-0.15, -0.1) is 0 Å². The summed E-state index contributed by atoms with van der Waals surface area (Å²) in [6.07, 6.45) is 1.59. The van der Waals surface area contributed by atoms with Crippen LogP contribution in [0.25, 0.3) is 5.70 Å². The number of carbonyl (C=O) groups is 2. The van der Waals surface area contributed by atoms with Crippen LogP contribution in [0.5, 0.6) is 0 Å². The van der Waals surface area contributed by atoms with Crippen LogP contribution in [0, 0.1) is 6.92 Å². The monoisotopic (exact) mass is 370 g/mol. The Bertz CT molecular complexity index is 1020. The van der Waals surface area contributed by atoms with E-state index in [0.717, 1.165) is 11.1 Å². The molecule has 3 rings (SSSR count). The summed E-state index contributed by atoms with van der Waals surface area (Å²) in [6, 6.07) is 24.5. The quantitative estimate of drug-likeness (QED) is 0.458. The number of para-hydroxylation sites is 2. The number of amides is 1. The molecule has 1 amide bonds. The number of benzene rings is 3. The van der Waals surface area contributed by atoms with E-state index in [1.807, 2.05) is 79.7 Å². The fourth-order valence-corrected chi connectivity index (χ4v) is 2.86. The molecule has 0 atom stereocenters. The van der Waals surface area contributed by atoms with Crippen molar-refractivity contribution >= 4 is 28.8 Å². The van der Waals surface area contributed by atoms with E-state index in [4.69, 9.17) is 0 Å². The summed E-state index contributed by atoms with van der Waals surface area (Å²) in [4.78, 5) is 24.4. The van der Waals surface area contributed by atoms with Gasteiger partial charge in [0.1, 0.15) is 0 Å². The largest absolute Gasteiger partial charge is 0.353 e. The van der Waals surface area contributed by atoms with E-state index in [-0.39, 0.29) is 11.7 Å². The van der Waals surface area contributed by atoms with Crippen LogP contribution in [-0.4, -0.2) is 11.7 Å². The maximum Gasteiger partial charge on any atom is 0.221 e. The smallest absolute Gasteiger partial charge is 0.221 e. The van der Waals surface area contributed by atoms with Crippen molar-refractivity contribution in [1.29, 1.82) is 0 Å². The molecule has 0 unspecified atom stereocenters. The normalized spacial score (nSPS) is 11.0. The summed E-state index contributed by atoms with van der Waals surface area (Å²) in [5.41, 5.74) is 4.56. The maximum atomic E-state index is 12.8. The van der Waals surface area contributed by atoms with Gasteiger partial charge in [-0.1, -0.05) is 66.2 Å². The highest BCUT2D eigenvalue weighted by molar-refractivity contribution is 6.10. The van der Waals surface area contributed by atoms with Gasteiger partial charge >= 0.3 is 0 Å². The number of carbonyl (C=O) groups excluding carboxylic acids is 2. The summed E-state index contributed by atoms with van der Waals surface area (Å²) < 4.78 is 0. The van der Waals surface area contributed by atoms with Gasteiger partial charge in [0.05, 0.1) is 11.4 Å². The van der Waals surface area contributed by atoms with Crippen molar-refractivity contribution < 1.29 is 9.59 Å². The molecule has 4 nitrogen and oxygen atoms in total. The van der Waals surface area contributed by atoms with Gasteiger partial charge in [0.15, 0.2) is 5.78 Å². The molecule has 0 heterocycles. The van der Waals surface area contributed by atoms with Crippen LogP contribution in [0.2, 0.25) is 0 Å². The van der Waals surface area contributed by atoms with Crippen LogP contribution in [0.15, 0.2) is 84.9 Å². The second-order valence-corrected chi connectivity index (χ2v) is 6.51. The molecule has 0 radical (unpaired) electrons. The fourth-order valence-electron chi connectivity index (χ4n) is 2.86. The summed E-state index contributed by atoms with van der Waals surface area (Å²) >= 11 is 0. The molecule has 0 saturated heterocycles. The Hall–Kier alpha value is -3.66. The molecule has 0 saturated carbocycles. The minimum Gasteiger partial charge on any atom is -0.353 e. The van der Waals surface area contributed by atoms with Gasteiger partial charge in [0.25, 0.3) is 0 Å². The minimum absolute atomic E-state index is 0.0907. The van der Waals surface area contributed by atoms with Crippen molar-refractivity contribution in [2.45, 2.75) is 13.8 Å². The van der Waals surface area contributed by atoms with E-state index in [2.05, 4.69) is 10.6 Å². The average Bonchev–Trinajstić information content (AvgIpc) is 2.69. The third-order valence-corrected chi connectivity index (χ3v) is 4.17. The second kappa shape index (κ2) is 8.82. The first-order valence-corrected chi connectivity index (χ1v) is 9.04. The van der Waals surface area contributed by atoms with Crippen molar-refractivity contribution in [3.8, 4) is 0 Å². The zero-order chi connectivity index (χ0) is 19.9. The lowest BCUT2D eigenvalue weighted by Crippen LogP contribution is -2.10. The number of ketones is 1. The SMILES string of the molecule is CC(=O)Nc1ccccc1NC(=CC(=O)c1cccc(C)c1)c1ccccc1. The van der Waals surface area contributed by atoms with Crippen molar-refractivity contribution in [3.05, 3.63) is 102 Å². The molecule has 3 aromatic rings. The Morgan fingerprint density at radius 2 is 1.36 bits per heavy atom. The highest BCUT2D eigenvalue weighted by Gasteiger charge is 2.10. The standard InChI is InChI=1S/C24H22N2O2/c1-17-9-8-12-20(15-17)24(28)16-23(19-10-4-3-5-11-19)26-22-14-7-6-13-21(22)25-18(2)27/h3-16,26H,1-2H3,(H,25,27). The lowest BCUT2D eigenvalue weighted by atomic mass is 10.0. The molecule has 0 aliphatic heterocycles. The van der Waals surface area contributed by atoms with Gasteiger partial charge < -0.3 is 10.6 Å². The summed E-state index contributed by atoms with van der Waals surface area (Å²) in [7, 11) is 0. The van der Waals surface area contributed by atoms with E-state index in [1.165, 1.54) is 6.92 Å². The second-order valence-electron chi connectivity index (χ2n) is 6.51. The van der Waals surface area contributed by atoms with Gasteiger partial charge in [-0.3, -0.25) is 9.59 Å². The number of rotatable bonds is 6. The molecular weight excluding hydrogens is 348 g/mol. The van der Waals surface area contributed by atoms with E-state index >= 15 is 0 Å². The van der Waals surface area contributed by atoms with Gasteiger partial charge in [-0.05, 0) is 30.7 Å². The Morgan fingerprint density at radius 1 is 0.750 bits per heavy atom. The Balaban J connectivity index is 2.00. The number of nitrogens with one attached hydrogen (secondary N) is 2. The molecule has 0 aliphatic carbocycles. The topological polar surface area (TPSA) is 58.2 Å². The van der Waals surface area contributed by atoms with Crippen molar-refractivity contribution in [2.75, 3.05) is 10.6 Å². The number of allylic oxidation sites excluding steroid dienone is 1. The Labute approximate surface area is 164 Å². The first-order chi connectivity index (χ1) is 13.5. The van der Waals surface area contributed by atoms with Gasteiger partial charge in [-0.25, -0.2) is 0 Å². The third-order valence-electron chi connectivity index (χ3n) is 4.17. The Kier molecular flexibility index (Phi) is 6.02. The summed E-state index contributed by atoms with van der Waals surface area (Å²) in [6.45, 7) is 3.42. The van der Waals surface area contributed by atoms with E-state index in [9.17, 15) is 9.59 Å². The minimum atomic E-state index is -0.157.